The first-order valence-corrected chi connectivity index (χ1v) is 5.75. The maximum Gasteiger partial charge on any atom is 0.211 e. The Balaban J connectivity index is 2.07. The molecule has 0 aromatic heterocycles. The van der Waals surface area contributed by atoms with Crippen molar-refractivity contribution >= 4 is 12.1 Å². The van der Waals surface area contributed by atoms with E-state index in [-0.39, 0.29) is 5.75 Å². The molecule has 1 heterocycles. The maximum atomic E-state index is 10.4. The highest BCUT2D eigenvalue weighted by Gasteiger charge is 2.12. The van der Waals surface area contributed by atoms with Gasteiger partial charge in [0.25, 0.3) is 0 Å². The molecule has 5 heteroatoms. The van der Waals surface area contributed by atoms with Crippen molar-refractivity contribution in [3.8, 4) is 5.75 Å². The van der Waals surface area contributed by atoms with Gasteiger partial charge in [0, 0.05) is 44.0 Å². The van der Waals surface area contributed by atoms with E-state index in [0.717, 1.165) is 31.7 Å². The van der Waals surface area contributed by atoms with E-state index >= 15 is 0 Å². The van der Waals surface area contributed by atoms with E-state index in [1.165, 1.54) is 0 Å². The van der Waals surface area contributed by atoms with Crippen molar-refractivity contribution in [3.05, 3.63) is 23.8 Å². The van der Waals surface area contributed by atoms with E-state index < -0.39 is 0 Å². The lowest BCUT2D eigenvalue weighted by Gasteiger charge is -2.27. The predicted octanol–water partition coefficient (Wildman–Crippen LogP) is 0.366. The number of nitrogens with zero attached hydrogens (tertiary/aromatic N) is 1. The second-order valence-corrected chi connectivity index (χ2v) is 4.13. The van der Waals surface area contributed by atoms with Gasteiger partial charge in [0.05, 0.1) is 0 Å². The number of aromatic hydroxyl groups is 1. The van der Waals surface area contributed by atoms with Crippen LogP contribution >= 0.6 is 0 Å². The van der Waals surface area contributed by atoms with Crippen molar-refractivity contribution in [1.82, 2.24) is 10.2 Å². The number of amides is 1. The lowest BCUT2D eigenvalue weighted by atomic mass is 10.1. The molecule has 2 rings (SSSR count). The van der Waals surface area contributed by atoms with Gasteiger partial charge in [-0.1, -0.05) is 0 Å². The normalized spacial score (nSPS) is 16.7. The highest BCUT2D eigenvalue weighted by molar-refractivity contribution is 5.72. The number of rotatable bonds is 4. The molecule has 3 N–H and O–H groups in total. The molecule has 0 radical (unpaired) electrons. The Labute approximate surface area is 100 Å². The van der Waals surface area contributed by atoms with Crippen LogP contribution in [0.5, 0.6) is 5.75 Å². The molecule has 0 atom stereocenters. The number of carbonyl (C=O) groups is 1. The van der Waals surface area contributed by atoms with E-state index in [0.29, 0.717) is 18.6 Å². The van der Waals surface area contributed by atoms with Crippen molar-refractivity contribution in [3.63, 3.8) is 0 Å². The highest BCUT2D eigenvalue weighted by Crippen LogP contribution is 2.22. The van der Waals surface area contributed by atoms with Crippen LogP contribution in [0.2, 0.25) is 0 Å². The summed E-state index contributed by atoms with van der Waals surface area (Å²) < 4.78 is 0. The van der Waals surface area contributed by atoms with Gasteiger partial charge < -0.3 is 15.7 Å². The van der Waals surface area contributed by atoms with Gasteiger partial charge in [-0.2, -0.15) is 0 Å². The summed E-state index contributed by atoms with van der Waals surface area (Å²) in [6.45, 7) is 4.62. The molecular formula is C12H17N3O2. The van der Waals surface area contributed by atoms with Crippen LogP contribution in [0, 0.1) is 0 Å². The van der Waals surface area contributed by atoms with Crippen LogP contribution in [0.15, 0.2) is 18.2 Å². The largest absolute Gasteiger partial charge is 0.508 e. The molecule has 17 heavy (non-hydrogen) atoms. The number of nitrogens with one attached hydrogen (secondary N) is 2. The fourth-order valence-electron chi connectivity index (χ4n) is 1.98. The Bertz CT molecular complexity index is 389. The number of hydrogen-bond donors (Lipinski definition) is 3. The SMILES string of the molecule is O=CNc1ccc(O)c(CN2CCNCC2)c1. The molecule has 5 nitrogen and oxygen atoms in total. The summed E-state index contributed by atoms with van der Waals surface area (Å²) in [5, 5.41) is 15.6. The zero-order chi connectivity index (χ0) is 12.1. The van der Waals surface area contributed by atoms with Gasteiger partial charge in [-0.25, -0.2) is 0 Å². The molecule has 1 aromatic rings. The first-order valence-electron chi connectivity index (χ1n) is 5.75. The van der Waals surface area contributed by atoms with Gasteiger partial charge in [-0.05, 0) is 18.2 Å². The summed E-state index contributed by atoms with van der Waals surface area (Å²) in [7, 11) is 0. The molecule has 1 fully saturated rings. The van der Waals surface area contributed by atoms with E-state index in [2.05, 4.69) is 15.5 Å². The van der Waals surface area contributed by atoms with Crippen molar-refractivity contribution in [2.24, 2.45) is 0 Å². The van der Waals surface area contributed by atoms with Gasteiger partial charge >= 0.3 is 0 Å². The number of anilines is 1. The molecule has 0 spiro atoms. The number of phenols is 1. The molecule has 0 aliphatic carbocycles. The maximum absolute atomic E-state index is 10.4. The molecule has 0 bridgehead atoms. The Kier molecular flexibility index (Phi) is 3.95. The van der Waals surface area contributed by atoms with Gasteiger partial charge in [0.15, 0.2) is 0 Å². The zero-order valence-electron chi connectivity index (χ0n) is 9.65. The van der Waals surface area contributed by atoms with Crippen LogP contribution in [0.3, 0.4) is 0 Å². The molecule has 0 unspecified atom stereocenters. The summed E-state index contributed by atoms with van der Waals surface area (Å²) in [6, 6.07) is 5.11. The van der Waals surface area contributed by atoms with E-state index in [1.54, 1.807) is 12.1 Å². The lowest BCUT2D eigenvalue weighted by Crippen LogP contribution is -2.42. The molecular weight excluding hydrogens is 218 g/mol. The summed E-state index contributed by atoms with van der Waals surface area (Å²) >= 11 is 0. The third-order valence-corrected chi connectivity index (χ3v) is 2.91. The van der Waals surface area contributed by atoms with Crippen molar-refractivity contribution in [1.29, 1.82) is 0 Å². The minimum absolute atomic E-state index is 0.278. The minimum Gasteiger partial charge on any atom is -0.508 e. The third kappa shape index (κ3) is 3.18. The van der Waals surface area contributed by atoms with Crippen molar-refractivity contribution in [2.45, 2.75) is 6.54 Å². The highest BCUT2D eigenvalue weighted by atomic mass is 16.3. The monoisotopic (exact) mass is 235 g/mol. The lowest BCUT2D eigenvalue weighted by molar-refractivity contribution is -0.105. The Morgan fingerprint density at radius 2 is 2.18 bits per heavy atom. The van der Waals surface area contributed by atoms with Crippen LogP contribution < -0.4 is 10.6 Å². The molecule has 1 aromatic carbocycles. The summed E-state index contributed by atoms with van der Waals surface area (Å²) in [5.74, 6) is 0.278. The number of carbonyl (C=O) groups excluding carboxylic acids is 1. The fraction of sp³-hybridized carbons (Fsp3) is 0.417. The van der Waals surface area contributed by atoms with Crippen molar-refractivity contribution in [2.75, 3.05) is 31.5 Å². The Hall–Kier alpha value is -1.59. The van der Waals surface area contributed by atoms with E-state index in [1.807, 2.05) is 6.07 Å². The minimum atomic E-state index is 0.278. The zero-order valence-corrected chi connectivity index (χ0v) is 9.65. The fourth-order valence-corrected chi connectivity index (χ4v) is 1.98. The van der Waals surface area contributed by atoms with Gasteiger partial charge in [0.1, 0.15) is 5.75 Å². The average molecular weight is 235 g/mol. The summed E-state index contributed by atoms with van der Waals surface area (Å²) in [6.07, 6.45) is 0.640. The van der Waals surface area contributed by atoms with Crippen LogP contribution in [0.25, 0.3) is 0 Å². The Morgan fingerprint density at radius 3 is 2.88 bits per heavy atom. The number of phenolic OH excluding ortho intramolecular Hbond substituents is 1. The molecule has 0 saturated carbocycles. The van der Waals surface area contributed by atoms with Gasteiger partial charge in [0.2, 0.25) is 6.41 Å². The first kappa shape index (κ1) is 11.9. The second kappa shape index (κ2) is 5.65. The summed E-state index contributed by atoms with van der Waals surface area (Å²) in [5.41, 5.74) is 1.56. The molecule has 1 amide bonds. The average Bonchev–Trinajstić information content (AvgIpc) is 2.35. The second-order valence-electron chi connectivity index (χ2n) is 4.13. The predicted molar refractivity (Wildman–Crippen MR) is 65.9 cm³/mol. The molecule has 1 aliphatic heterocycles. The van der Waals surface area contributed by atoms with Crippen molar-refractivity contribution < 1.29 is 9.90 Å². The van der Waals surface area contributed by atoms with Crippen LogP contribution in [-0.2, 0) is 11.3 Å². The van der Waals surface area contributed by atoms with Gasteiger partial charge in [-0.3, -0.25) is 9.69 Å². The standard InChI is InChI=1S/C12H17N3O2/c16-9-14-11-1-2-12(17)10(7-11)8-15-5-3-13-4-6-15/h1-2,7,9,13,17H,3-6,8H2,(H,14,16). The number of hydrogen-bond acceptors (Lipinski definition) is 4. The Morgan fingerprint density at radius 1 is 1.41 bits per heavy atom. The summed E-state index contributed by atoms with van der Waals surface area (Å²) in [4.78, 5) is 12.6. The first-order chi connectivity index (χ1) is 8.29. The van der Waals surface area contributed by atoms with Crippen LogP contribution in [-0.4, -0.2) is 42.6 Å². The van der Waals surface area contributed by atoms with E-state index in [9.17, 15) is 9.90 Å². The topological polar surface area (TPSA) is 64.6 Å². The third-order valence-electron chi connectivity index (χ3n) is 2.91. The van der Waals surface area contributed by atoms with Crippen LogP contribution in [0.1, 0.15) is 5.56 Å². The van der Waals surface area contributed by atoms with Gasteiger partial charge in [-0.15, -0.1) is 0 Å². The van der Waals surface area contributed by atoms with Crippen LogP contribution in [0.4, 0.5) is 5.69 Å². The quantitative estimate of drug-likeness (QED) is 0.521. The molecule has 1 aliphatic rings. The van der Waals surface area contributed by atoms with E-state index in [4.69, 9.17) is 0 Å². The molecule has 1 saturated heterocycles. The smallest absolute Gasteiger partial charge is 0.211 e. The molecule has 92 valence electrons. The number of benzene rings is 1. The number of piperazine rings is 1.